The number of ketones is 1. The van der Waals surface area contributed by atoms with Crippen molar-refractivity contribution in [3.63, 3.8) is 0 Å². The number of cyclic esters (lactones) is 1. The summed E-state index contributed by atoms with van der Waals surface area (Å²) in [6.45, 7) is 1.69. The van der Waals surface area contributed by atoms with Crippen molar-refractivity contribution in [2.45, 2.75) is 32.5 Å². The van der Waals surface area contributed by atoms with Gasteiger partial charge in [-0.25, -0.2) is 14.2 Å². The minimum Gasteiger partial charge on any atom is -0.444 e. The van der Waals surface area contributed by atoms with E-state index >= 15 is 0 Å². The van der Waals surface area contributed by atoms with E-state index in [9.17, 15) is 14.0 Å². The molecule has 1 saturated heterocycles. The molecule has 2 aromatic carbocycles. The molecule has 6 nitrogen and oxygen atoms in total. The van der Waals surface area contributed by atoms with Crippen LogP contribution in [0.5, 0.6) is 0 Å². The van der Waals surface area contributed by atoms with Crippen molar-refractivity contribution in [3.05, 3.63) is 59.4 Å². The lowest BCUT2D eigenvalue weighted by molar-refractivity contribution is -0.117. The summed E-state index contributed by atoms with van der Waals surface area (Å²) in [5.41, 5.74) is 3.06. The van der Waals surface area contributed by atoms with Crippen LogP contribution in [-0.2, 0) is 16.1 Å². The van der Waals surface area contributed by atoms with Crippen LogP contribution in [0.1, 0.15) is 25.5 Å². The summed E-state index contributed by atoms with van der Waals surface area (Å²) < 4.78 is 20.2. The Morgan fingerprint density at radius 3 is 2.65 bits per heavy atom. The Morgan fingerprint density at radius 1 is 1.26 bits per heavy atom. The van der Waals surface area contributed by atoms with E-state index in [0.29, 0.717) is 41.9 Å². The van der Waals surface area contributed by atoms with E-state index in [1.54, 1.807) is 17.5 Å². The molecule has 31 heavy (non-hydrogen) atoms. The van der Waals surface area contributed by atoms with Gasteiger partial charge in [-0.3, -0.25) is 4.90 Å². The number of anilines is 1. The van der Waals surface area contributed by atoms with E-state index in [1.165, 1.54) is 29.2 Å². The molecule has 0 unspecified atom stereocenters. The van der Waals surface area contributed by atoms with Gasteiger partial charge in [0, 0.05) is 22.9 Å². The number of rotatable bonds is 7. The van der Waals surface area contributed by atoms with Crippen LogP contribution in [0.3, 0.4) is 0 Å². The van der Waals surface area contributed by atoms with Gasteiger partial charge in [0.15, 0.2) is 0 Å². The van der Waals surface area contributed by atoms with Gasteiger partial charge in [-0.2, -0.15) is 0 Å². The first-order valence-electron chi connectivity index (χ1n) is 9.88. The van der Waals surface area contributed by atoms with Crippen LogP contribution in [0.25, 0.3) is 21.7 Å². The molecular weight excluding hydrogens is 419 g/mol. The van der Waals surface area contributed by atoms with Crippen molar-refractivity contribution in [1.29, 1.82) is 0 Å². The maximum Gasteiger partial charge on any atom is 0.414 e. The number of halogens is 1. The highest BCUT2D eigenvalue weighted by atomic mass is 32.1. The monoisotopic (exact) mass is 440 g/mol. The molecular formula is C23H21FN2O4S. The summed E-state index contributed by atoms with van der Waals surface area (Å²) >= 11 is 1.44. The zero-order valence-corrected chi connectivity index (χ0v) is 17.7. The first-order chi connectivity index (χ1) is 14.9. The van der Waals surface area contributed by atoms with Gasteiger partial charge >= 0.3 is 6.09 Å². The SMILES string of the molecule is CC(=O)CC[C@H]1CN(c2ccc(-c3ccc(-c4nc(CO)cs4)cc3)c(F)c2)C(=O)O1. The minimum absolute atomic E-state index is 0.0413. The maximum atomic E-state index is 14.9. The van der Waals surface area contributed by atoms with E-state index in [2.05, 4.69) is 4.98 Å². The fourth-order valence-corrected chi connectivity index (χ4v) is 4.27. The topological polar surface area (TPSA) is 79.7 Å². The molecule has 1 aliphatic heterocycles. The van der Waals surface area contributed by atoms with Gasteiger partial charge in [-0.05, 0) is 37.1 Å². The largest absolute Gasteiger partial charge is 0.444 e. The third kappa shape index (κ3) is 4.65. The predicted molar refractivity (Wildman–Crippen MR) is 116 cm³/mol. The number of Topliss-reactive ketones (excluding diaryl/α,β-unsaturated/α-hetero) is 1. The number of carbonyl (C=O) groups excluding carboxylic acids is 2. The van der Waals surface area contributed by atoms with E-state index in [-0.39, 0.29) is 18.5 Å². The lowest BCUT2D eigenvalue weighted by Gasteiger charge is -2.14. The number of carbonyl (C=O) groups is 2. The third-order valence-corrected chi connectivity index (χ3v) is 6.05. The average Bonchev–Trinajstić information content (AvgIpc) is 3.39. The van der Waals surface area contributed by atoms with Crippen molar-refractivity contribution in [2.24, 2.45) is 0 Å². The number of amides is 1. The Hall–Kier alpha value is -3.10. The van der Waals surface area contributed by atoms with Crippen LogP contribution in [0.2, 0.25) is 0 Å². The number of benzene rings is 2. The fraction of sp³-hybridized carbons (Fsp3) is 0.261. The van der Waals surface area contributed by atoms with Crippen LogP contribution in [0.15, 0.2) is 47.8 Å². The minimum atomic E-state index is -0.532. The van der Waals surface area contributed by atoms with Gasteiger partial charge in [-0.1, -0.05) is 24.3 Å². The second-order valence-electron chi connectivity index (χ2n) is 7.40. The smallest absolute Gasteiger partial charge is 0.414 e. The molecule has 0 aliphatic carbocycles. The lowest BCUT2D eigenvalue weighted by Crippen LogP contribution is -2.24. The van der Waals surface area contributed by atoms with Crippen LogP contribution in [0.4, 0.5) is 14.9 Å². The van der Waals surface area contributed by atoms with E-state index in [0.717, 1.165) is 10.6 Å². The van der Waals surface area contributed by atoms with Gasteiger partial charge in [0.05, 0.1) is 24.5 Å². The van der Waals surface area contributed by atoms with Crippen molar-refractivity contribution >= 4 is 28.9 Å². The Labute approximate surface area is 182 Å². The van der Waals surface area contributed by atoms with Crippen molar-refractivity contribution < 1.29 is 23.8 Å². The molecule has 2 heterocycles. The molecule has 1 aromatic heterocycles. The first-order valence-corrected chi connectivity index (χ1v) is 10.8. The highest BCUT2D eigenvalue weighted by Gasteiger charge is 2.32. The highest BCUT2D eigenvalue weighted by Crippen LogP contribution is 2.31. The van der Waals surface area contributed by atoms with Crippen molar-refractivity contribution in [3.8, 4) is 21.7 Å². The number of aliphatic hydroxyl groups excluding tert-OH is 1. The Kier molecular flexibility index (Phi) is 6.11. The van der Waals surface area contributed by atoms with Crippen LogP contribution < -0.4 is 4.90 Å². The van der Waals surface area contributed by atoms with Gasteiger partial charge in [0.25, 0.3) is 0 Å². The lowest BCUT2D eigenvalue weighted by atomic mass is 10.0. The molecule has 3 aromatic rings. The van der Waals surface area contributed by atoms with Crippen LogP contribution in [0, 0.1) is 5.82 Å². The number of hydrogen-bond donors (Lipinski definition) is 1. The second-order valence-corrected chi connectivity index (χ2v) is 8.26. The first kappa shape index (κ1) is 21.1. The molecule has 4 rings (SSSR count). The molecule has 1 N–H and O–H groups in total. The standard InChI is InChI=1S/C23H21FN2O4S/c1-14(28)2-8-19-11-26(23(29)30-19)18-7-9-20(21(24)10-18)15-3-5-16(6-4-15)22-25-17(12-27)13-31-22/h3-7,9-10,13,19,27H,2,8,11-12H2,1H3/t19-/m0/s1. The number of hydrogen-bond acceptors (Lipinski definition) is 6. The van der Waals surface area contributed by atoms with Gasteiger partial charge < -0.3 is 14.6 Å². The quantitative estimate of drug-likeness (QED) is 0.571. The third-order valence-electron chi connectivity index (χ3n) is 5.11. The highest BCUT2D eigenvalue weighted by molar-refractivity contribution is 7.13. The average molecular weight is 440 g/mol. The van der Waals surface area contributed by atoms with Gasteiger partial charge in [-0.15, -0.1) is 11.3 Å². The molecule has 0 bridgehead atoms. The number of thiazole rings is 1. The molecule has 0 spiro atoms. The normalized spacial score (nSPS) is 15.9. The van der Waals surface area contributed by atoms with Gasteiger partial charge in [0.1, 0.15) is 22.7 Å². The molecule has 160 valence electrons. The molecule has 1 amide bonds. The summed E-state index contributed by atoms with van der Waals surface area (Å²) in [4.78, 5) is 29.0. The number of ether oxygens (including phenoxy) is 1. The maximum absolute atomic E-state index is 14.9. The van der Waals surface area contributed by atoms with Crippen LogP contribution >= 0.6 is 11.3 Å². The second kappa shape index (κ2) is 8.95. The predicted octanol–water partition coefficient (Wildman–Crippen LogP) is 4.80. The van der Waals surface area contributed by atoms with E-state index in [4.69, 9.17) is 9.84 Å². The summed E-state index contributed by atoms with van der Waals surface area (Å²) in [7, 11) is 0. The molecule has 0 radical (unpaired) electrons. The number of aromatic nitrogens is 1. The summed E-state index contributed by atoms with van der Waals surface area (Å²) in [6, 6.07) is 12.0. The van der Waals surface area contributed by atoms with Gasteiger partial charge in [0.2, 0.25) is 0 Å². The van der Waals surface area contributed by atoms with Crippen molar-refractivity contribution in [1.82, 2.24) is 4.98 Å². The molecule has 8 heteroatoms. The molecule has 1 fully saturated rings. The zero-order chi connectivity index (χ0) is 22.0. The zero-order valence-electron chi connectivity index (χ0n) is 16.9. The molecule has 1 atom stereocenters. The fourth-order valence-electron chi connectivity index (χ4n) is 3.46. The van der Waals surface area contributed by atoms with E-state index < -0.39 is 11.9 Å². The Balaban J connectivity index is 1.50. The molecule has 0 saturated carbocycles. The Bertz CT molecular complexity index is 1110. The summed E-state index contributed by atoms with van der Waals surface area (Å²) in [6.07, 6.45) is -0.0968. The summed E-state index contributed by atoms with van der Waals surface area (Å²) in [5, 5.41) is 11.7. The van der Waals surface area contributed by atoms with E-state index in [1.807, 2.05) is 24.3 Å². The van der Waals surface area contributed by atoms with Crippen molar-refractivity contribution in [2.75, 3.05) is 11.4 Å². The molecule has 1 aliphatic rings. The summed E-state index contributed by atoms with van der Waals surface area (Å²) in [5.74, 6) is -0.401. The number of aliphatic hydroxyl groups is 1. The number of nitrogens with zero attached hydrogens (tertiary/aromatic N) is 2. The van der Waals surface area contributed by atoms with Crippen LogP contribution in [-0.4, -0.2) is 34.6 Å². The Morgan fingerprint density at radius 2 is 2.00 bits per heavy atom.